The van der Waals surface area contributed by atoms with Gasteiger partial charge in [0.2, 0.25) is 0 Å². The largest absolute Gasteiger partial charge is 0.508 e. The molecular formula is C14H14N2O2. The van der Waals surface area contributed by atoms with Gasteiger partial charge in [-0.15, -0.1) is 0 Å². The first-order valence-electron chi connectivity index (χ1n) is 5.53. The molecule has 0 aromatic heterocycles. The van der Waals surface area contributed by atoms with Crippen LogP contribution in [-0.2, 0) is 0 Å². The van der Waals surface area contributed by atoms with Crippen molar-refractivity contribution in [2.45, 2.75) is 6.92 Å². The molecule has 1 amide bonds. The highest BCUT2D eigenvalue weighted by atomic mass is 16.3. The Morgan fingerprint density at radius 1 is 1.22 bits per heavy atom. The van der Waals surface area contributed by atoms with Crippen LogP contribution in [0.2, 0.25) is 0 Å². The van der Waals surface area contributed by atoms with Crippen LogP contribution in [-0.4, -0.2) is 11.0 Å². The zero-order chi connectivity index (χ0) is 13.1. The quantitative estimate of drug-likeness (QED) is 0.708. The second-order valence-electron chi connectivity index (χ2n) is 4.08. The molecule has 0 saturated carbocycles. The van der Waals surface area contributed by atoms with Crippen molar-refractivity contribution in [2.75, 3.05) is 11.1 Å². The molecule has 2 rings (SSSR count). The fourth-order valence-electron chi connectivity index (χ4n) is 1.62. The molecule has 0 fully saturated rings. The van der Waals surface area contributed by atoms with Crippen molar-refractivity contribution in [1.82, 2.24) is 0 Å². The van der Waals surface area contributed by atoms with Crippen LogP contribution in [0.5, 0.6) is 5.75 Å². The minimum atomic E-state index is -0.278. The number of nitrogens with two attached hydrogens (primary N) is 1. The molecule has 4 nitrogen and oxygen atoms in total. The Morgan fingerprint density at radius 3 is 2.72 bits per heavy atom. The molecule has 0 aliphatic carbocycles. The Morgan fingerprint density at radius 2 is 2.00 bits per heavy atom. The van der Waals surface area contributed by atoms with Crippen molar-refractivity contribution in [3.63, 3.8) is 0 Å². The van der Waals surface area contributed by atoms with Crippen molar-refractivity contribution in [2.24, 2.45) is 0 Å². The van der Waals surface area contributed by atoms with E-state index in [1.807, 2.05) is 13.0 Å². The Hall–Kier alpha value is -2.49. The van der Waals surface area contributed by atoms with E-state index in [4.69, 9.17) is 5.73 Å². The summed E-state index contributed by atoms with van der Waals surface area (Å²) >= 11 is 0. The number of carbonyl (C=O) groups is 1. The van der Waals surface area contributed by atoms with Crippen LogP contribution in [0.25, 0.3) is 0 Å². The number of rotatable bonds is 2. The smallest absolute Gasteiger partial charge is 0.255 e. The molecule has 2 aromatic carbocycles. The van der Waals surface area contributed by atoms with E-state index in [0.29, 0.717) is 16.9 Å². The average Bonchev–Trinajstić information content (AvgIpc) is 2.34. The molecule has 0 unspecified atom stereocenters. The lowest BCUT2D eigenvalue weighted by atomic mass is 10.1. The van der Waals surface area contributed by atoms with Crippen LogP contribution >= 0.6 is 0 Å². The molecule has 4 heteroatoms. The fourth-order valence-corrected chi connectivity index (χ4v) is 1.62. The first kappa shape index (κ1) is 12.0. The molecular weight excluding hydrogens is 228 g/mol. The third-order valence-electron chi connectivity index (χ3n) is 2.62. The van der Waals surface area contributed by atoms with E-state index in [1.54, 1.807) is 24.3 Å². The molecule has 0 bridgehead atoms. The number of hydrogen-bond acceptors (Lipinski definition) is 3. The summed E-state index contributed by atoms with van der Waals surface area (Å²) < 4.78 is 0. The van der Waals surface area contributed by atoms with Gasteiger partial charge in [0, 0.05) is 16.9 Å². The monoisotopic (exact) mass is 242 g/mol. The molecule has 0 heterocycles. The SMILES string of the molecule is Cc1ccc(N)cc1NC(=O)c1cccc(O)c1. The summed E-state index contributed by atoms with van der Waals surface area (Å²) in [6.07, 6.45) is 0. The van der Waals surface area contributed by atoms with Crippen molar-refractivity contribution >= 4 is 17.3 Å². The van der Waals surface area contributed by atoms with E-state index in [0.717, 1.165) is 5.56 Å². The number of phenols is 1. The molecule has 0 atom stereocenters. The third kappa shape index (κ3) is 2.60. The minimum Gasteiger partial charge on any atom is -0.508 e. The lowest BCUT2D eigenvalue weighted by Crippen LogP contribution is -2.12. The number of carbonyl (C=O) groups excluding carboxylic acids is 1. The Bertz CT molecular complexity index is 594. The summed E-state index contributed by atoms with van der Waals surface area (Å²) in [4.78, 5) is 12.0. The maximum absolute atomic E-state index is 12.0. The zero-order valence-corrected chi connectivity index (χ0v) is 9.97. The van der Waals surface area contributed by atoms with Gasteiger partial charge in [-0.1, -0.05) is 12.1 Å². The highest BCUT2D eigenvalue weighted by molar-refractivity contribution is 6.05. The van der Waals surface area contributed by atoms with Crippen LogP contribution in [0.3, 0.4) is 0 Å². The number of aromatic hydroxyl groups is 1. The topological polar surface area (TPSA) is 75.3 Å². The molecule has 2 aromatic rings. The molecule has 0 aliphatic rings. The van der Waals surface area contributed by atoms with Gasteiger partial charge in [0.05, 0.1) is 0 Å². The second kappa shape index (κ2) is 4.79. The first-order valence-corrected chi connectivity index (χ1v) is 5.53. The van der Waals surface area contributed by atoms with Crippen LogP contribution in [0.15, 0.2) is 42.5 Å². The van der Waals surface area contributed by atoms with Gasteiger partial charge in [-0.3, -0.25) is 4.79 Å². The van der Waals surface area contributed by atoms with Crippen molar-refractivity contribution < 1.29 is 9.90 Å². The van der Waals surface area contributed by atoms with Crippen molar-refractivity contribution in [3.8, 4) is 5.75 Å². The Balaban J connectivity index is 2.24. The van der Waals surface area contributed by atoms with Crippen molar-refractivity contribution in [1.29, 1.82) is 0 Å². The number of phenolic OH excluding ortho intramolecular Hbond substituents is 1. The van der Waals surface area contributed by atoms with E-state index >= 15 is 0 Å². The number of benzene rings is 2. The lowest BCUT2D eigenvalue weighted by Gasteiger charge is -2.09. The number of nitrogens with one attached hydrogen (secondary N) is 1. The van der Waals surface area contributed by atoms with Gasteiger partial charge < -0.3 is 16.2 Å². The molecule has 4 N–H and O–H groups in total. The predicted molar refractivity (Wildman–Crippen MR) is 71.7 cm³/mol. The summed E-state index contributed by atoms with van der Waals surface area (Å²) in [6.45, 7) is 1.89. The van der Waals surface area contributed by atoms with Gasteiger partial charge >= 0.3 is 0 Å². The summed E-state index contributed by atoms with van der Waals surface area (Å²) in [7, 11) is 0. The standard InChI is InChI=1S/C14H14N2O2/c1-9-5-6-11(15)8-13(9)16-14(18)10-3-2-4-12(17)7-10/h2-8,17H,15H2,1H3,(H,16,18). The average molecular weight is 242 g/mol. The van der Waals surface area contributed by atoms with Gasteiger partial charge in [-0.2, -0.15) is 0 Å². The maximum Gasteiger partial charge on any atom is 0.255 e. The van der Waals surface area contributed by atoms with Crippen molar-refractivity contribution in [3.05, 3.63) is 53.6 Å². The first-order chi connectivity index (χ1) is 8.56. The molecule has 0 aliphatic heterocycles. The summed E-state index contributed by atoms with van der Waals surface area (Å²) in [5.74, 6) is -0.216. The molecule has 0 spiro atoms. The fraction of sp³-hybridized carbons (Fsp3) is 0.0714. The van der Waals surface area contributed by atoms with Gasteiger partial charge in [0.1, 0.15) is 5.75 Å². The van der Waals surface area contributed by atoms with Crippen LogP contribution in [0, 0.1) is 6.92 Å². The normalized spacial score (nSPS) is 10.1. The highest BCUT2D eigenvalue weighted by Gasteiger charge is 2.08. The number of amides is 1. The lowest BCUT2D eigenvalue weighted by molar-refractivity contribution is 0.102. The summed E-state index contributed by atoms with van der Waals surface area (Å²) in [5, 5.41) is 12.1. The number of nitrogen functional groups attached to an aromatic ring is 1. The summed E-state index contributed by atoms with van der Waals surface area (Å²) in [6, 6.07) is 11.5. The van der Waals surface area contributed by atoms with Gasteiger partial charge in [0.25, 0.3) is 5.91 Å². The van der Waals surface area contributed by atoms with E-state index < -0.39 is 0 Å². The van der Waals surface area contributed by atoms with Crippen LogP contribution in [0.4, 0.5) is 11.4 Å². The molecule has 0 saturated heterocycles. The Labute approximate surface area is 105 Å². The van der Waals surface area contributed by atoms with E-state index in [1.165, 1.54) is 12.1 Å². The van der Waals surface area contributed by atoms with Gasteiger partial charge in [-0.25, -0.2) is 0 Å². The van der Waals surface area contributed by atoms with E-state index in [2.05, 4.69) is 5.32 Å². The zero-order valence-electron chi connectivity index (χ0n) is 9.97. The number of aryl methyl sites for hydroxylation is 1. The van der Waals surface area contributed by atoms with Gasteiger partial charge in [0.15, 0.2) is 0 Å². The van der Waals surface area contributed by atoms with Crippen LogP contribution in [0.1, 0.15) is 15.9 Å². The van der Waals surface area contributed by atoms with E-state index in [9.17, 15) is 9.90 Å². The van der Waals surface area contributed by atoms with E-state index in [-0.39, 0.29) is 11.7 Å². The second-order valence-corrected chi connectivity index (χ2v) is 4.08. The van der Waals surface area contributed by atoms with Gasteiger partial charge in [-0.05, 0) is 42.8 Å². The highest BCUT2D eigenvalue weighted by Crippen LogP contribution is 2.19. The third-order valence-corrected chi connectivity index (χ3v) is 2.62. The molecule has 18 heavy (non-hydrogen) atoms. The number of hydrogen-bond donors (Lipinski definition) is 3. The maximum atomic E-state index is 12.0. The molecule has 0 radical (unpaired) electrons. The predicted octanol–water partition coefficient (Wildman–Crippen LogP) is 2.54. The van der Waals surface area contributed by atoms with Crippen LogP contribution < -0.4 is 11.1 Å². The Kier molecular flexibility index (Phi) is 3.19. The minimum absolute atomic E-state index is 0.0620. The number of anilines is 2. The molecule has 92 valence electrons. The summed E-state index contributed by atoms with van der Waals surface area (Å²) in [5.41, 5.74) is 8.26.